The molecule has 10 amide bonds. The molecule has 2 fully saturated rings. The van der Waals surface area contributed by atoms with Crippen LogP contribution in [0.4, 0.5) is 10.2 Å². The van der Waals surface area contributed by atoms with Crippen LogP contribution in [0, 0.1) is 11.7 Å². The third kappa shape index (κ3) is 21.8. The Morgan fingerprint density at radius 3 is 2.01 bits per heavy atom. The van der Waals surface area contributed by atoms with Gasteiger partial charge in [0.1, 0.15) is 107 Å². The molecule has 45 heteroatoms. The van der Waals surface area contributed by atoms with Crippen LogP contribution < -0.4 is 84.7 Å². The van der Waals surface area contributed by atoms with Crippen molar-refractivity contribution in [1.82, 2.24) is 57.6 Å². The second-order valence-corrected chi connectivity index (χ2v) is 32.4. The number of aliphatic hydroxyl groups excluding tert-OH is 6. The van der Waals surface area contributed by atoms with Gasteiger partial charge in [0, 0.05) is 54.5 Å². The number of hydroxylamine groups is 1. The van der Waals surface area contributed by atoms with E-state index < -0.39 is 283 Å². The summed E-state index contributed by atoms with van der Waals surface area (Å²) in [6.07, 6.45) is -16.1. The van der Waals surface area contributed by atoms with Crippen molar-refractivity contribution in [1.29, 1.82) is 0 Å². The van der Waals surface area contributed by atoms with Crippen molar-refractivity contribution in [2.45, 2.75) is 163 Å². The number of amides is 10. The average molecular weight is 1840 g/mol. The highest BCUT2D eigenvalue weighted by Crippen LogP contribution is 2.50. The van der Waals surface area contributed by atoms with Crippen molar-refractivity contribution in [2.24, 2.45) is 17.4 Å². The summed E-state index contributed by atoms with van der Waals surface area (Å²) in [4.78, 5) is 167. The molecular weight excluding hydrogens is 1750 g/mol. The zero-order chi connectivity index (χ0) is 92.8. The number of hydrogen-bond acceptors (Lipinski definition) is 30. The number of aromatic hydroxyl groups is 3. The van der Waals surface area contributed by atoms with Gasteiger partial charge in [0.2, 0.25) is 65.2 Å². The van der Waals surface area contributed by atoms with E-state index in [1.165, 1.54) is 55.1 Å². The number of hydrogen-bond donors (Lipinski definition) is 21. The molecule has 11 bridgehead atoms. The number of nitrogens with two attached hydrogens (primary N) is 2. The van der Waals surface area contributed by atoms with Crippen LogP contribution in [0.2, 0.25) is 15.1 Å². The third-order valence-electron chi connectivity index (χ3n) is 21.5. The smallest absolute Gasteiger partial charge is 0.349 e. The van der Waals surface area contributed by atoms with E-state index in [9.17, 15) is 79.1 Å². The third-order valence-corrected chi connectivity index (χ3v) is 22.4. The number of halogens is 4. The van der Waals surface area contributed by atoms with E-state index in [2.05, 4.69) is 52.8 Å². The molecule has 0 radical (unpaired) electrons. The molecule has 2 saturated heterocycles. The monoisotopic (exact) mass is 1840 g/mol. The lowest BCUT2D eigenvalue weighted by molar-refractivity contribution is -0.334. The minimum Gasteiger partial charge on any atom is -0.508 e. The highest BCUT2D eigenvalue weighted by molar-refractivity contribution is 6.32. The number of primary amides is 2. The number of rotatable bonds is 23. The van der Waals surface area contributed by atoms with Crippen LogP contribution in [-0.2, 0) is 73.5 Å². The Hall–Kier alpha value is -12.2. The Labute approximate surface area is 740 Å². The van der Waals surface area contributed by atoms with Gasteiger partial charge in [-0.05, 0) is 145 Å². The van der Waals surface area contributed by atoms with Gasteiger partial charge in [-0.1, -0.05) is 72.9 Å². The summed E-state index contributed by atoms with van der Waals surface area (Å²) in [6.45, 7) is 4.47. The molecular formula is C83H90Cl3FN14O27. The fourth-order valence-electron chi connectivity index (χ4n) is 15.0. The van der Waals surface area contributed by atoms with Crippen molar-refractivity contribution in [2.75, 3.05) is 32.1 Å². The normalized spacial score (nSPS) is 25.6. The van der Waals surface area contributed by atoms with E-state index in [0.29, 0.717) is 5.56 Å². The quantitative estimate of drug-likeness (QED) is 0.0312. The van der Waals surface area contributed by atoms with Crippen molar-refractivity contribution >= 4 is 106 Å². The number of aromatic nitrogens is 2. The molecule has 128 heavy (non-hydrogen) atoms. The lowest BCUT2D eigenvalue weighted by Gasteiger charge is -2.48. The second kappa shape index (κ2) is 40.4. The summed E-state index contributed by atoms with van der Waals surface area (Å²) in [6, 6.07) is 3.81. The zero-order valence-corrected chi connectivity index (χ0v) is 70.6. The number of aliphatic hydroxyl groups is 6. The molecule has 7 aliphatic rings. The maximum Gasteiger partial charge on any atom is 0.349 e. The molecule has 14 rings (SSSR count). The summed E-state index contributed by atoms with van der Waals surface area (Å²) < 4.78 is 54.2. The Morgan fingerprint density at radius 1 is 0.719 bits per heavy atom. The van der Waals surface area contributed by atoms with Gasteiger partial charge < -0.3 is 134 Å². The highest BCUT2D eigenvalue weighted by Gasteiger charge is 2.52. The minimum absolute atomic E-state index is 0.0722. The molecule has 18 atom stereocenters. The second-order valence-electron chi connectivity index (χ2n) is 31.2. The number of fused-ring (bicyclic) bond motifs is 15. The summed E-state index contributed by atoms with van der Waals surface area (Å²) >= 11 is 20.2. The summed E-state index contributed by atoms with van der Waals surface area (Å²) in [5.41, 5.74) is 8.04. The topological polar surface area (TPSA) is 625 Å². The lowest BCUT2D eigenvalue weighted by atomic mass is 9.85. The fourth-order valence-corrected chi connectivity index (χ4v) is 15.6. The Bertz CT molecular complexity index is 5560. The average Bonchev–Trinajstić information content (AvgIpc) is 0.755. The molecule has 16 unspecified atom stereocenters. The van der Waals surface area contributed by atoms with E-state index in [4.69, 9.17) is 79.5 Å². The molecule has 41 nitrogen and oxygen atoms in total. The SMILES string of the molecule is CNC(CC(C)C)C(=O)NC1C(=O)NC(CC(N)=O)C(=O)NC2C(=O)NC3C(=O)NC(C(=O)N[C@@H](C(=O)NOCC(N)=O)c4cc(O)cc(O)c4-c4cc3ccc4O)C(O)c3ccc(c(Cl)c3)Oc3cc2cc(c3OC2OC(CO)C(O)C(O)C2OC2C[C@@](C)(NCCn3ccc(NC(=O)/C=C/c4ccc(F)c(Cl)c4)nc3=O)C(O)C(C)O2)Oc2ccc(cc2Cl)C1O. The Morgan fingerprint density at radius 2 is 1.38 bits per heavy atom. The van der Waals surface area contributed by atoms with E-state index in [1.807, 2.05) is 5.48 Å². The van der Waals surface area contributed by atoms with Crippen LogP contribution in [0.3, 0.4) is 0 Å². The number of carbonyl (C=O) groups is 10. The summed E-state index contributed by atoms with van der Waals surface area (Å²) in [5, 5.41) is 129. The van der Waals surface area contributed by atoms with Gasteiger partial charge in [0.25, 0.3) is 5.91 Å². The molecule has 0 aliphatic carbocycles. The van der Waals surface area contributed by atoms with E-state index in [-0.39, 0.29) is 53.8 Å². The maximum atomic E-state index is 16.3. The maximum absolute atomic E-state index is 16.3. The van der Waals surface area contributed by atoms with Crippen LogP contribution in [0.25, 0.3) is 17.2 Å². The van der Waals surface area contributed by atoms with Crippen molar-refractivity contribution < 1.29 is 132 Å². The first-order valence-electron chi connectivity index (χ1n) is 39.6. The van der Waals surface area contributed by atoms with E-state index >= 15 is 24.0 Å². The molecule has 0 saturated carbocycles. The molecule has 1 aromatic heterocycles. The Kier molecular flexibility index (Phi) is 29.9. The van der Waals surface area contributed by atoms with Crippen LogP contribution >= 0.6 is 34.8 Å². The van der Waals surface area contributed by atoms with E-state index in [1.54, 1.807) is 20.8 Å². The molecule has 0 spiro atoms. The molecule has 7 aliphatic heterocycles. The summed E-state index contributed by atoms with van der Waals surface area (Å²) in [5.74, 6) is -18.9. The van der Waals surface area contributed by atoms with Crippen LogP contribution in [-0.4, -0.2) is 220 Å². The number of nitrogens with zero attached hydrogens (tertiary/aromatic N) is 2. The van der Waals surface area contributed by atoms with E-state index in [0.717, 1.165) is 84.9 Å². The first kappa shape index (κ1) is 94.9. The van der Waals surface area contributed by atoms with Crippen LogP contribution in [0.15, 0.2) is 120 Å². The summed E-state index contributed by atoms with van der Waals surface area (Å²) in [7, 11) is 1.46. The number of likely N-dealkylation sites (N-methyl/N-ethyl adjacent to an activating group) is 1. The van der Waals surface area contributed by atoms with Crippen molar-refractivity contribution in [3.63, 3.8) is 0 Å². The standard InChI is InChI=1S/C83H90Cl3FN14O27/c1-33(2)20-47(90-5)74(114)98-65-67(109)37-9-13-51(44(85)23-37)124-53-25-39-26-54(71(53)128-81-72(70(112)69(111)55(31-102)126-81)127-60-30-83(4,73(113)34(3)123-60)91-17-19-101-18-16-58(94-82(101)121)93-59(108)15-7-35-6-11-46(87)43(84)21-35)125-52-14-10-38(24-45(52)86)68(110)66-79(119)97-64(80(120)100-122-32-57(89)107)42-27-40(103)28-50(105)61(42)41-22-36(8-12-49(41)104)62(76(116)99-66)96-77(117)63(39)95-75(115)48(29-56(88)106)92-78(65)118/h6-16,18,21-28,33-34,47-48,55,60,62-70,72-73,81,90-91,102-105,109-113H,17,19-20,29-32H2,1-5H3,(H2,88,106)(H2,89,107)(H,92,118)(H,95,115)(H,96,117)(H,97,119)(H,98,114)(H,99,116)(H,100,120)(H,93,94,108,121)/b15-7+/t34?,47?,48?,55?,60?,62?,63?,64-,65?,66?,67?,68?,69?,70?,72?,73?,81?,83-/m1/s1. The number of benzene rings is 6. The number of phenolic OH excluding ortho intramolecular Hbond substituents is 3. The van der Waals surface area contributed by atoms with Gasteiger partial charge in [-0.25, -0.2) is 14.7 Å². The number of phenols is 3. The van der Waals surface area contributed by atoms with Gasteiger partial charge in [-0.2, -0.15) is 4.98 Å². The largest absolute Gasteiger partial charge is 0.508 e. The predicted molar refractivity (Wildman–Crippen MR) is 446 cm³/mol. The highest BCUT2D eigenvalue weighted by atomic mass is 35.5. The molecule has 23 N–H and O–H groups in total. The van der Waals surface area contributed by atoms with Gasteiger partial charge in [-0.3, -0.25) is 57.4 Å². The fraction of sp³-hybridized carbons (Fsp3) is 0.373. The van der Waals surface area contributed by atoms with Crippen molar-refractivity contribution in [3.8, 4) is 57.1 Å². The lowest BCUT2D eigenvalue weighted by Crippen LogP contribution is -2.65. The van der Waals surface area contributed by atoms with Crippen molar-refractivity contribution in [3.05, 3.63) is 180 Å². The number of anilines is 1. The van der Waals surface area contributed by atoms with Gasteiger partial charge in [-0.15, -0.1) is 0 Å². The van der Waals surface area contributed by atoms with Gasteiger partial charge in [0.15, 0.2) is 30.5 Å². The first-order chi connectivity index (χ1) is 60.7. The molecule has 8 heterocycles. The molecule has 682 valence electrons. The van der Waals surface area contributed by atoms with Crippen LogP contribution in [0.5, 0.6) is 46.0 Å². The number of nitrogens with one attached hydrogen (secondary N) is 10. The molecule has 7 aromatic rings. The van der Waals surface area contributed by atoms with Gasteiger partial charge >= 0.3 is 5.69 Å². The zero-order valence-electron chi connectivity index (χ0n) is 68.3. The first-order valence-corrected chi connectivity index (χ1v) is 40.7. The number of carbonyl (C=O) groups excluding carboxylic acids is 10. The predicted octanol–water partition coefficient (Wildman–Crippen LogP) is 0.887. The van der Waals surface area contributed by atoms with Gasteiger partial charge in [0.05, 0.1) is 46.3 Å². The van der Waals surface area contributed by atoms with Crippen LogP contribution in [0.1, 0.15) is 111 Å². The number of ether oxygens (including phenoxy) is 6. The minimum atomic E-state index is -2.43. The molecule has 6 aromatic carbocycles. The Balaban J connectivity index is 0.994.